The van der Waals surface area contributed by atoms with Crippen molar-refractivity contribution in [3.8, 4) is 5.69 Å². The molecule has 0 bridgehead atoms. The van der Waals surface area contributed by atoms with Crippen LogP contribution < -0.4 is 10.2 Å². The van der Waals surface area contributed by atoms with E-state index in [0.717, 1.165) is 22.9 Å². The molecule has 172 valence electrons. The van der Waals surface area contributed by atoms with Crippen molar-refractivity contribution in [2.24, 2.45) is 0 Å². The zero-order valence-corrected chi connectivity index (χ0v) is 20.9. The highest BCUT2D eigenvalue weighted by Gasteiger charge is 2.42. The first-order valence-corrected chi connectivity index (χ1v) is 12.2. The van der Waals surface area contributed by atoms with Gasteiger partial charge in [0.1, 0.15) is 0 Å². The molecule has 1 aliphatic rings. The van der Waals surface area contributed by atoms with Crippen molar-refractivity contribution in [3.05, 3.63) is 113 Å². The predicted molar refractivity (Wildman–Crippen MR) is 144 cm³/mol. The molecule has 4 aromatic rings. The van der Waals surface area contributed by atoms with Gasteiger partial charge in [0.2, 0.25) is 0 Å². The Morgan fingerprint density at radius 3 is 2.38 bits per heavy atom. The molecular weight excluding hydrogens is 436 g/mol. The van der Waals surface area contributed by atoms with Gasteiger partial charge in [-0.25, -0.2) is 0 Å². The van der Waals surface area contributed by atoms with Crippen molar-refractivity contribution in [1.29, 1.82) is 0 Å². The Kier molecular flexibility index (Phi) is 5.96. The first-order chi connectivity index (χ1) is 16.5. The Hall–Kier alpha value is -3.44. The first-order valence-electron chi connectivity index (χ1n) is 11.8. The molecular formula is C29H30N4S. The van der Waals surface area contributed by atoms with E-state index in [-0.39, 0.29) is 12.1 Å². The SMILES string of the molecule is CCc1ccccc1-n1c(C)cc([C@H]2[C@@H](c3ccccn3)NC(=S)N2c2ccc(C)cc2)c1C. The number of nitrogens with zero attached hydrogens (tertiary/aromatic N) is 3. The fourth-order valence-electron chi connectivity index (χ4n) is 5.14. The minimum atomic E-state index is -0.0506. The van der Waals surface area contributed by atoms with Gasteiger partial charge in [-0.3, -0.25) is 4.98 Å². The normalized spacial score (nSPS) is 17.8. The summed E-state index contributed by atoms with van der Waals surface area (Å²) in [5.41, 5.74) is 9.60. The molecule has 2 aromatic heterocycles. The molecule has 3 heterocycles. The van der Waals surface area contributed by atoms with Gasteiger partial charge >= 0.3 is 0 Å². The number of benzene rings is 2. The summed E-state index contributed by atoms with van der Waals surface area (Å²) in [6, 6.07) is 25.6. The summed E-state index contributed by atoms with van der Waals surface area (Å²) in [6.45, 7) is 8.73. The van der Waals surface area contributed by atoms with Crippen molar-refractivity contribution in [2.75, 3.05) is 4.90 Å². The second-order valence-electron chi connectivity index (χ2n) is 8.98. The van der Waals surface area contributed by atoms with Crippen molar-refractivity contribution in [2.45, 2.75) is 46.2 Å². The molecule has 1 aliphatic heterocycles. The number of hydrogen-bond acceptors (Lipinski definition) is 2. The lowest BCUT2D eigenvalue weighted by Gasteiger charge is -2.28. The second-order valence-corrected chi connectivity index (χ2v) is 9.36. The van der Waals surface area contributed by atoms with Crippen molar-refractivity contribution >= 4 is 23.0 Å². The first kappa shape index (κ1) is 22.4. The maximum absolute atomic E-state index is 5.91. The summed E-state index contributed by atoms with van der Waals surface area (Å²) >= 11 is 5.91. The number of nitrogens with one attached hydrogen (secondary N) is 1. The molecule has 0 radical (unpaired) electrons. The number of aromatic nitrogens is 2. The number of hydrogen-bond donors (Lipinski definition) is 1. The van der Waals surface area contributed by atoms with Gasteiger partial charge in [0.05, 0.1) is 17.8 Å². The average Bonchev–Trinajstić information content (AvgIpc) is 3.35. The largest absolute Gasteiger partial charge is 0.351 e. The van der Waals surface area contributed by atoms with Crippen molar-refractivity contribution in [3.63, 3.8) is 0 Å². The zero-order chi connectivity index (χ0) is 23.8. The summed E-state index contributed by atoms with van der Waals surface area (Å²) in [7, 11) is 0. The predicted octanol–water partition coefficient (Wildman–Crippen LogP) is 6.54. The van der Waals surface area contributed by atoms with Gasteiger partial charge in [0, 0.05) is 29.0 Å². The van der Waals surface area contributed by atoms with Crippen LogP contribution in [0.3, 0.4) is 0 Å². The molecule has 0 spiro atoms. The number of aryl methyl sites for hydroxylation is 3. The van der Waals surface area contributed by atoms with E-state index in [9.17, 15) is 0 Å². The number of thiocarbonyl (C=S) groups is 1. The van der Waals surface area contributed by atoms with E-state index < -0.39 is 0 Å². The Morgan fingerprint density at radius 1 is 0.941 bits per heavy atom. The molecule has 34 heavy (non-hydrogen) atoms. The van der Waals surface area contributed by atoms with Gasteiger partial charge in [-0.2, -0.15) is 0 Å². The number of pyridine rings is 1. The smallest absolute Gasteiger partial charge is 0.174 e. The van der Waals surface area contributed by atoms with E-state index in [0.29, 0.717) is 0 Å². The summed E-state index contributed by atoms with van der Waals surface area (Å²) in [5, 5.41) is 4.31. The van der Waals surface area contributed by atoms with Crippen LogP contribution in [-0.4, -0.2) is 14.7 Å². The third-order valence-electron chi connectivity index (χ3n) is 6.81. The van der Waals surface area contributed by atoms with Crippen LogP contribution in [0.5, 0.6) is 0 Å². The molecule has 0 amide bonds. The average molecular weight is 467 g/mol. The van der Waals surface area contributed by atoms with Crippen LogP contribution in [0.15, 0.2) is 79.0 Å². The molecule has 4 nitrogen and oxygen atoms in total. The Morgan fingerprint density at radius 2 is 1.68 bits per heavy atom. The van der Waals surface area contributed by atoms with Gasteiger partial charge < -0.3 is 14.8 Å². The quantitative estimate of drug-likeness (QED) is 0.339. The summed E-state index contributed by atoms with van der Waals surface area (Å²) in [6.07, 6.45) is 2.84. The van der Waals surface area contributed by atoms with E-state index in [1.54, 1.807) is 0 Å². The topological polar surface area (TPSA) is 33.1 Å². The fourth-order valence-corrected chi connectivity index (χ4v) is 5.49. The molecule has 1 saturated heterocycles. The second kappa shape index (κ2) is 9.07. The molecule has 0 saturated carbocycles. The standard InChI is InChI=1S/C29H30N4S/c1-5-22-10-6-7-12-26(22)32-20(3)18-24(21(32)4)28-27(25-11-8-9-17-30-25)31-29(34)33(28)23-15-13-19(2)14-16-23/h6-18,27-28H,5H2,1-4H3,(H,31,34)/t27-,28+/m1/s1. The Bertz CT molecular complexity index is 1320. The molecule has 2 atom stereocenters. The van der Waals surface area contributed by atoms with Crippen LogP contribution >= 0.6 is 12.2 Å². The van der Waals surface area contributed by atoms with Gasteiger partial charge in [-0.15, -0.1) is 0 Å². The number of anilines is 1. The van der Waals surface area contributed by atoms with Crippen LogP contribution in [0.25, 0.3) is 5.69 Å². The monoisotopic (exact) mass is 466 g/mol. The van der Waals surface area contributed by atoms with E-state index in [1.807, 2.05) is 18.3 Å². The molecule has 1 N–H and O–H groups in total. The van der Waals surface area contributed by atoms with E-state index in [4.69, 9.17) is 17.2 Å². The van der Waals surface area contributed by atoms with Crippen LogP contribution in [0, 0.1) is 20.8 Å². The maximum atomic E-state index is 5.91. The van der Waals surface area contributed by atoms with E-state index in [2.05, 4.69) is 103 Å². The Labute approximate surface area is 207 Å². The highest BCUT2D eigenvalue weighted by molar-refractivity contribution is 7.80. The van der Waals surface area contributed by atoms with Crippen LogP contribution in [0.4, 0.5) is 5.69 Å². The highest BCUT2D eigenvalue weighted by Crippen LogP contribution is 2.43. The minimum Gasteiger partial charge on any atom is -0.351 e. The lowest BCUT2D eigenvalue weighted by molar-refractivity contribution is 0.565. The van der Waals surface area contributed by atoms with Crippen LogP contribution in [-0.2, 0) is 6.42 Å². The summed E-state index contributed by atoms with van der Waals surface area (Å²) < 4.78 is 2.39. The number of rotatable bonds is 5. The zero-order valence-electron chi connectivity index (χ0n) is 20.1. The third-order valence-corrected chi connectivity index (χ3v) is 7.13. The lowest BCUT2D eigenvalue weighted by atomic mass is 9.96. The van der Waals surface area contributed by atoms with Crippen LogP contribution in [0.2, 0.25) is 0 Å². The van der Waals surface area contributed by atoms with Gasteiger partial charge in [0.25, 0.3) is 0 Å². The molecule has 5 heteroatoms. The molecule has 0 aliphatic carbocycles. The molecule has 2 aromatic carbocycles. The van der Waals surface area contributed by atoms with Crippen molar-refractivity contribution < 1.29 is 0 Å². The van der Waals surface area contributed by atoms with E-state index >= 15 is 0 Å². The van der Waals surface area contributed by atoms with Gasteiger partial charge in [-0.05, 0) is 86.9 Å². The van der Waals surface area contributed by atoms with Gasteiger partial charge in [-0.1, -0.05) is 48.9 Å². The van der Waals surface area contributed by atoms with Crippen molar-refractivity contribution in [1.82, 2.24) is 14.9 Å². The maximum Gasteiger partial charge on any atom is 0.174 e. The summed E-state index contributed by atoms with van der Waals surface area (Å²) in [4.78, 5) is 6.96. The summed E-state index contributed by atoms with van der Waals surface area (Å²) in [5.74, 6) is 0. The fraction of sp³-hybridized carbons (Fsp3) is 0.241. The lowest BCUT2D eigenvalue weighted by Crippen LogP contribution is -2.29. The van der Waals surface area contributed by atoms with Crippen LogP contribution in [0.1, 0.15) is 52.8 Å². The molecule has 5 rings (SSSR count). The van der Waals surface area contributed by atoms with E-state index in [1.165, 1.54) is 33.8 Å². The molecule has 1 fully saturated rings. The van der Waals surface area contributed by atoms with Gasteiger partial charge in [0.15, 0.2) is 5.11 Å². The third kappa shape index (κ3) is 3.80. The minimum absolute atomic E-state index is 0.0150. The molecule has 0 unspecified atom stereocenters. The Balaban J connectivity index is 1.69. The number of para-hydroxylation sites is 1. The highest BCUT2D eigenvalue weighted by atomic mass is 32.1.